The number of carbonyl (C=O) groups excluding carboxylic acids is 4. The first-order valence-corrected chi connectivity index (χ1v) is 17.1. The first-order valence-electron chi connectivity index (χ1n) is 17.1. The number of nitrogens with zero attached hydrogens (tertiary/aromatic N) is 2. The number of aromatic hydroxyl groups is 1. The molecule has 1 aromatic carbocycles. The molecule has 1 saturated heterocycles. The molecule has 296 valence electrons. The fraction of sp³-hybridized carbons (Fsp3) is 0.571. The van der Waals surface area contributed by atoms with Gasteiger partial charge in [-0.25, -0.2) is 4.79 Å². The monoisotopic (exact) mass is 761 g/mol. The largest absolute Gasteiger partial charge is 0.508 e. The normalized spacial score (nSPS) is 31.2. The summed E-state index contributed by atoms with van der Waals surface area (Å²) in [4.78, 5) is 69.7. The van der Waals surface area contributed by atoms with Crippen molar-refractivity contribution >= 4 is 46.5 Å². The highest BCUT2D eigenvalue weighted by molar-refractivity contribution is 6.24. The first-order chi connectivity index (χ1) is 25.0. The molecule has 1 aromatic rings. The van der Waals surface area contributed by atoms with Crippen LogP contribution in [-0.2, 0) is 39.9 Å². The number of primary amides is 1. The minimum Gasteiger partial charge on any atom is -0.508 e. The number of hydrogen-bond acceptors (Lipinski definition) is 16. The summed E-state index contributed by atoms with van der Waals surface area (Å²) in [5, 5.41) is 82.6. The third-order valence-electron chi connectivity index (χ3n) is 10.3. The van der Waals surface area contributed by atoms with E-state index < -0.39 is 117 Å². The van der Waals surface area contributed by atoms with Gasteiger partial charge in [-0.2, -0.15) is 0 Å². The Morgan fingerprint density at radius 3 is 2.20 bits per heavy atom. The maximum absolute atomic E-state index is 15.1. The molecule has 2 amide bonds. The van der Waals surface area contributed by atoms with Crippen molar-refractivity contribution in [3.8, 4) is 5.75 Å². The molecular weight excluding hydrogens is 714 g/mol. The molecule has 54 heavy (non-hydrogen) atoms. The van der Waals surface area contributed by atoms with E-state index in [1.54, 1.807) is 19.0 Å². The number of Topliss-reactive ketones (excluding diaryl/α,β-unsaturated/α-hetero) is 2. The fourth-order valence-corrected chi connectivity index (χ4v) is 7.83. The van der Waals surface area contributed by atoms with E-state index >= 15 is 4.79 Å². The van der Waals surface area contributed by atoms with Crippen molar-refractivity contribution in [1.29, 1.82) is 0 Å². The van der Waals surface area contributed by atoms with Gasteiger partial charge in [0.1, 0.15) is 41.2 Å². The van der Waals surface area contributed by atoms with Gasteiger partial charge >= 0.3 is 5.97 Å². The number of aliphatic hydroxyl groups excluding tert-OH is 5. The number of carbonyl (C=O) groups is 5. The Morgan fingerprint density at radius 1 is 1.04 bits per heavy atom. The molecule has 1 aliphatic heterocycles. The maximum atomic E-state index is 15.1. The lowest BCUT2D eigenvalue weighted by Crippen LogP contribution is -2.70. The topological polar surface area (TPSA) is 302 Å². The van der Waals surface area contributed by atoms with Crippen molar-refractivity contribution in [2.24, 2.45) is 17.6 Å². The number of aliphatic carboxylic acids is 1. The highest BCUT2D eigenvalue weighted by Gasteiger charge is 2.67. The number of rotatable bonds is 9. The van der Waals surface area contributed by atoms with E-state index in [-0.39, 0.29) is 30.6 Å². The molecule has 3 aliphatic carbocycles. The standard InChI is InChI=1S/C35H47N5O14/c1-34(2,3)37-11-17(41)38-15-10-16(39(4)5)13-8-12-9-14-21(40(6)7)24(44)20(31(36)50)30(49)35(14,29(48)18(12)23(43)19(13)22(15)42)54-33-27(47)25(45)26(46)28(53-33)32(51)52/h10,12,14,21,25-28,33,37,42-43,45-47,49H,8-9,11H2,1-7H3,(H2,36,50)(H,38,41)(H,51,52)/t12-,14-,21-,25-,26-,27+,28-,33-,35-/m0/s1. The summed E-state index contributed by atoms with van der Waals surface area (Å²) in [5.41, 5.74) is 1.17. The van der Waals surface area contributed by atoms with Crippen LogP contribution in [0.25, 0.3) is 5.76 Å². The first kappa shape index (κ1) is 40.6. The van der Waals surface area contributed by atoms with Gasteiger partial charge in [-0.1, -0.05) is 0 Å². The number of fused-ring (bicyclic) bond motifs is 3. The lowest BCUT2D eigenvalue weighted by atomic mass is 9.57. The highest BCUT2D eigenvalue weighted by atomic mass is 16.7. The predicted octanol–water partition coefficient (Wildman–Crippen LogP) is -1.73. The van der Waals surface area contributed by atoms with Crippen LogP contribution < -0.4 is 21.3 Å². The van der Waals surface area contributed by atoms with Crippen molar-refractivity contribution in [2.45, 2.75) is 81.5 Å². The summed E-state index contributed by atoms with van der Waals surface area (Å²) in [7, 11) is 6.25. The summed E-state index contributed by atoms with van der Waals surface area (Å²) in [5.74, 6) is -11.1. The van der Waals surface area contributed by atoms with Crippen LogP contribution in [0.3, 0.4) is 0 Å². The summed E-state index contributed by atoms with van der Waals surface area (Å²) < 4.78 is 11.4. The van der Waals surface area contributed by atoms with Crippen LogP contribution >= 0.6 is 0 Å². The van der Waals surface area contributed by atoms with Gasteiger partial charge in [0.2, 0.25) is 11.7 Å². The molecule has 0 radical (unpaired) electrons. The van der Waals surface area contributed by atoms with Crippen molar-refractivity contribution < 1.29 is 69.2 Å². The van der Waals surface area contributed by atoms with Gasteiger partial charge in [0.25, 0.3) is 5.91 Å². The fourth-order valence-electron chi connectivity index (χ4n) is 7.83. The number of carboxylic acids is 1. The number of benzene rings is 1. The van der Waals surface area contributed by atoms with Crippen molar-refractivity contribution in [1.82, 2.24) is 10.2 Å². The second kappa shape index (κ2) is 14.2. The van der Waals surface area contributed by atoms with Crippen LogP contribution in [0.1, 0.15) is 38.3 Å². The van der Waals surface area contributed by atoms with E-state index in [2.05, 4.69) is 10.6 Å². The molecule has 19 nitrogen and oxygen atoms in total. The molecule has 11 N–H and O–H groups in total. The summed E-state index contributed by atoms with van der Waals surface area (Å²) in [6, 6.07) is 0.0744. The van der Waals surface area contributed by atoms with Gasteiger partial charge in [-0.15, -0.1) is 0 Å². The number of likely N-dealkylation sites (N-methyl/N-ethyl adjacent to an activating group) is 1. The second-order valence-electron chi connectivity index (χ2n) is 15.5. The Bertz CT molecular complexity index is 1850. The molecule has 1 heterocycles. The van der Waals surface area contributed by atoms with Crippen molar-refractivity contribution in [3.05, 3.63) is 34.1 Å². The number of phenolic OH excluding ortho intramolecular Hbond substituents is 1. The zero-order valence-corrected chi connectivity index (χ0v) is 30.8. The smallest absolute Gasteiger partial charge is 0.335 e. The lowest BCUT2D eigenvalue weighted by Gasteiger charge is -2.54. The number of phenols is 1. The highest BCUT2D eigenvalue weighted by Crippen LogP contribution is 2.56. The van der Waals surface area contributed by atoms with Crippen LogP contribution in [0.4, 0.5) is 11.4 Å². The number of ether oxygens (including phenoxy) is 2. The SMILES string of the molecule is CN(C)c1cc(NC(=O)CNC(C)(C)C)c(O)c2c1C[C@H]1C[C@H]3[C@H](N(C)C)C(=O)C(C(N)=O)=C(O)[C@@]3(O[C@@H]3O[C@H](C(=O)O)[C@@H](O)[C@H](O)[C@H]3O)C(=O)C1=C2O. The Balaban J connectivity index is 1.75. The van der Waals surface area contributed by atoms with Crippen LogP contribution in [0.15, 0.2) is 23.0 Å². The molecule has 1 saturated carbocycles. The van der Waals surface area contributed by atoms with E-state index in [9.17, 15) is 54.9 Å². The number of nitrogens with one attached hydrogen (secondary N) is 2. The van der Waals surface area contributed by atoms with E-state index in [1.165, 1.54) is 25.1 Å². The average molecular weight is 762 g/mol. The summed E-state index contributed by atoms with van der Waals surface area (Å²) in [6.45, 7) is 5.41. The predicted molar refractivity (Wildman–Crippen MR) is 188 cm³/mol. The number of aliphatic hydroxyl groups is 5. The molecule has 0 unspecified atom stereocenters. The maximum Gasteiger partial charge on any atom is 0.335 e. The van der Waals surface area contributed by atoms with E-state index in [0.717, 1.165) is 0 Å². The van der Waals surface area contributed by atoms with Gasteiger partial charge in [-0.05, 0) is 65.3 Å². The molecule has 9 atom stereocenters. The van der Waals surface area contributed by atoms with Crippen molar-refractivity contribution in [3.63, 3.8) is 0 Å². The van der Waals surface area contributed by atoms with E-state index in [0.29, 0.717) is 11.3 Å². The Morgan fingerprint density at radius 2 is 1.67 bits per heavy atom. The van der Waals surface area contributed by atoms with Crippen molar-refractivity contribution in [2.75, 3.05) is 45.0 Å². The molecule has 0 aromatic heterocycles. The lowest BCUT2D eigenvalue weighted by molar-refractivity contribution is -0.321. The van der Waals surface area contributed by atoms with Crippen LogP contribution in [0.2, 0.25) is 0 Å². The third-order valence-corrected chi connectivity index (χ3v) is 10.3. The van der Waals surface area contributed by atoms with Gasteiger partial charge < -0.3 is 66.5 Å². The number of ketones is 2. The molecule has 4 aliphatic rings. The van der Waals surface area contributed by atoms with E-state index in [4.69, 9.17) is 15.2 Å². The molecule has 19 heteroatoms. The number of anilines is 2. The third kappa shape index (κ3) is 6.58. The number of carboxylic acid groups (broad SMARTS) is 1. The van der Waals surface area contributed by atoms with Crippen LogP contribution in [0.5, 0.6) is 5.75 Å². The van der Waals surface area contributed by atoms with Gasteiger partial charge in [0.05, 0.1) is 23.8 Å². The van der Waals surface area contributed by atoms with E-state index in [1.807, 2.05) is 20.8 Å². The number of nitrogens with two attached hydrogens (primary N) is 1. The zero-order chi connectivity index (χ0) is 40.5. The quantitative estimate of drug-likeness (QED) is 0.0988. The summed E-state index contributed by atoms with van der Waals surface area (Å²) in [6.07, 6.45) is -11.4. The Kier molecular flexibility index (Phi) is 10.7. The molecule has 0 spiro atoms. The summed E-state index contributed by atoms with van der Waals surface area (Å²) >= 11 is 0. The number of hydrogen-bond donors (Lipinski definition) is 10. The second-order valence-corrected chi connectivity index (χ2v) is 15.5. The van der Waals surface area contributed by atoms with Crippen LogP contribution in [-0.4, -0.2) is 153 Å². The molecular formula is C35H47N5O14. The van der Waals surface area contributed by atoms with Gasteiger partial charge in [0.15, 0.2) is 23.8 Å². The van der Waals surface area contributed by atoms with Gasteiger partial charge in [0, 0.05) is 36.8 Å². The zero-order valence-electron chi connectivity index (χ0n) is 30.8. The molecule has 0 bridgehead atoms. The molecule has 5 rings (SSSR count). The average Bonchev–Trinajstić information content (AvgIpc) is 3.05. The van der Waals surface area contributed by atoms with Gasteiger partial charge in [-0.3, -0.25) is 24.1 Å². The minimum absolute atomic E-state index is 0.0377. The Labute approximate surface area is 309 Å². The van der Waals surface area contributed by atoms with Crippen LogP contribution in [0, 0.1) is 11.8 Å². The number of amides is 2. The minimum atomic E-state index is -2.91. The molecule has 2 fully saturated rings. The Hall–Kier alpha value is -4.63.